The molecule has 1 amide bonds. The molecule has 0 radical (unpaired) electrons. The fraction of sp³-hybridized carbons (Fsp3) is 0.708. The van der Waals surface area contributed by atoms with Crippen molar-refractivity contribution in [3.05, 3.63) is 29.3 Å². The molecule has 6 nitrogen and oxygen atoms in total. The molecule has 0 unspecified atom stereocenters. The molecule has 3 aliphatic heterocycles. The van der Waals surface area contributed by atoms with Gasteiger partial charge in [0, 0.05) is 57.5 Å². The van der Waals surface area contributed by atoms with Gasteiger partial charge in [-0.2, -0.15) is 0 Å². The number of hydrogen-bond acceptors (Lipinski definition) is 5. The zero-order valence-electron chi connectivity index (χ0n) is 19.1. The molecular formula is C24H38N4O2. The standard InChI is InChI=1S/C24H38N4O2/c1-18-13-22(16-25-15-18)28-8-7-19-14-21(6-5-20(19)17-28)26-9-11-27(12-10-26)23(29)30-24(2,3)4/h5-6,14,18,22,25H,7-13,15-17H2,1-4H3/t18-,22+/m0/s1. The fourth-order valence-electron chi connectivity index (χ4n) is 4.95. The van der Waals surface area contributed by atoms with Crippen molar-refractivity contribution in [3.63, 3.8) is 0 Å². The fourth-order valence-corrected chi connectivity index (χ4v) is 4.95. The van der Waals surface area contributed by atoms with Crippen LogP contribution in [0.5, 0.6) is 0 Å². The van der Waals surface area contributed by atoms with E-state index in [1.165, 1.54) is 23.2 Å². The molecule has 166 valence electrons. The number of nitrogens with one attached hydrogen (secondary N) is 1. The average Bonchev–Trinajstić information content (AvgIpc) is 2.72. The minimum atomic E-state index is -0.438. The first-order valence-corrected chi connectivity index (χ1v) is 11.6. The van der Waals surface area contributed by atoms with Crippen LogP contribution in [0.25, 0.3) is 0 Å². The molecule has 6 heteroatoms. The summed E-state index contributed by atoms with van der Waals surface area (Å²) in [6.45, 7) is 15.8. The van der Waals surface area contributed by atoms with Gasteiger partial charge in [0.15, 0.2) is 0 Å². The number of amides is 1. The van der Waals surface area contributed by atoms with E-state index in [9.17, 15) is 4.79 Å². The minimum absolute atomic E-state index is 0.195. The van der Waals surface area contributed by atoms with Crippen LogP contribution in [0.2, 0.25) is 0 Å². The summed E-state index contributed by atoms with van der Waals surface area (Å²) in [5, 5.41) is 3.60. The zero-order valence-corrected chi connectivity index (χ0v) is 19.1. The highest BCUT2D eigenvalue weighted by Gasteiger charge is 2.29. The highest BCUT2D eigenvalue weighted by molar-refractivity contribution is 5.68. The van der Waals surface area contributed by atoms with Crippen LogP contribution in [0.4, 0.5) is 10.5 Å². The Morgan fingerprint density at radius 3 is 2.53 bits per heavy atom. The SMILES string of the molecule is C[C@@H]1CNC[C@H](N2CCc3cc(N4CCN(C(=O)OC(C)(C)C)CC4)ccc3C2)C1. The number of benzene rings is 1. The third-order valence-corrected chi connectivity index (χ3v) is 6.59. The van der Waals surface area contributed by atoms with Gasteiger partial charge in [-0.25, -0.2) is 4.79 Å². The summed E-state index contributed by atoms with van der Waals surface area (Å²) in [6, 6.07) is 7.66. The summed E-state index contributed by atoms with van der Waals surface area (Å²) >= 11 is 0. The lowest BCUT2D eigenvalue weighted by molar-refractivity contribution is 0.0240. The van der Waals surface area contributed by atoms with Gasteiger partial charge < -0.3 is 19.9 Å². The zero-order chi connectivity index (χ0) is 21.3. The van der Waals surface area contributed by atoms with Crippen molar-refractivity contribution in [2.45, 2.75) is 58.7 Å². The molecule has 0 aromatic heterocycles. The predicted molar refractivity (Wildman–Crippen MR) is 121 cm³/mol. The molecule has 0 aliphatic carbocycles. The van der Waals surface area contributed by atoms with E-state index in [0.29, 0.717) is 19.1 Å². The van der Waals surface area contributed by atoms with E-state index in [1.807, 2.05) is 25.7 Å². The van der Waals surface area contributed by atoms with Crippen molar-refractivity contribution in [2.75, 3.05) is 50.7 Å². The quantitative estimate of drug-likeness (QED) is 0.806. The first-order valence-electron chi connectivity index (χ1n) is 11.6. The lowest BCUT2D eigenvalue weighted by Gasteiger charge is -2.40. The van der Waals surface area contributed by atoms with E-state index in [2.05, 4.69) is 40.2 Å². The van der Waals surface area contributed by atoms with Crippen LogP contribution in [-0.4, -0.2) is 73.3 Å². The van der Waals surface area contributed by atoms with Gasteiger partial charge >= 0.3 is 6.09 Å². The van der Waals surface area contributed by atoms with Gasteiger partial charge in [0.05, 0.1) is 0 Å². The second kappa shape index (κ2) is 8.75. The van der Waals surface area contributed by atoms with Crippen LogP contribution in [-0.2, 0) is 17.7 Å². The Kier molecular flexibility index (Phi) is 6.26. The van der Waals surface area contributed by atoms with Crippen molar-refractivity contribution in [3.8, 4) is 0 Å². The Balaban J connectivity index is 1.34. The van der Waals surface area contributed by atoms with Crippen molar-refractivity contribution in [2.24, 2.45) is 5.92 Å². The number of hydrogen-bond donors (Lipinski definition) is 1. The second-order valence-corrected chi connectivity index (χ2v) is 10.3. The van der Waals surface area contributed by atoms with E-state index in [1.54, 1.807) is 0 Å². The highest BCUT2D eigenvalue weighted by atomic mass is 16.6. The summed E-state index contributed by atoms with van der Waals surface area (Å²) in [5.74, 6) is 0.770. The summed E-state index contributed by atoms with van der Waals surface area (Å²) in [7, 11) is 0. The van der Waals surface area contributed by atoms with Gasteiger partial charge in [0.2, 0.25) is 0 Å². The van der Waals surface area contributed by atoms with Gasteiger partial charge in [0.1, 0.15) is 5.60 Å². The van der Waals surface area contributed by atoms with E-state index < -0.39 is 5.60 Å². The Bertz CT molecular complexity index is 752. The highest BCUT2D eigenvalue weighted by Crippen LogP contribution is 2.28. The molecule has 3 heterocycles. The van der Waals surface area contributed by atoms with Crippen LogP contribution in [0.1, 0.15) is 45.2 Å². The number of fused-ring (bicyclic) bond motifs is 1. The van der Waals surface area contributed by atoms with Gasteiger partial charge in [-0.3, -0.25) is 4.90 Å². The van der Waals surface area contributed by atoms with Crippen LogP contribution in [0.3, 0.4) is 0 Å². The maximum atomic E-state index is 12.3. The molecule has 0 saturated carbocycles. The molecule has 1 N–H and O–H groups in total. The number of piperazine rings is 1. The molecule has 2 saturated heterocycles. The second-order valence-electron chi connectivity index (χ2n) is 10.3. The van der Waals surface area contributed by atoms with E-state index in [4.69, 9.17) is 4.74 Å². The number of anilines is 1. The average molecular weight is 415 g/mol. The van der Waals surface area contributed by atoms with E-state index >= 15 is 0 Å². The predicted octanol–water partition coefficient (Wildman–Crippen LogP) is 3.10. The normalized spacial score (nSPS) is 25.7. The molecule has 1 aromatic rings. The maximum Gasteiger partial charge on any atom is 0.410 e. The Labute approximate surface area is 181 Å². The molecule has 0 spiro atoms. The lowest BCUT2D eigenvalue weighted by Crippen LogP contribution is -2.50. The van der Waals surface area contributed by atoms with Gasteiger partial charge in [-0.05, 0) is 69.3 Å². The van der Waals surface area contributed by atoms with Crippen LogP contribution in [0.15, 0.2) is 18.2 Å². The molecule has 2 fully saturated rings. The van der Waals surface area contributed by atoms with Gasteiger partial charge in [0.25, 0.3) is 0 Å². The third-order valence-electron chi connectivity index (χ3n) is 6.59. The largest absolute Gasteiger partial charge is 0.444 e. The Hall–Kier alpha value is -1.79. The molecule has 3 aliphatic rings. The summed E-state index contributed by atoms with van der Waals surface area (Å²) in [5.41, 5.74) is 3.83. The summed E-state index contributed by atoms with van der Waals surface area (Å²) in [4.78, 5) is 19.2. The smallest absolute Gasteiger partial charge is 0.410 e. The monoisotopic (exact) mass is 414 g/mol. The number of rotatable bonds is 2. The molecule has 1 aromatic carbocycles. The van der Waals surface area contributed by atoms with Crippen LogP contribution < -0.4 is 10.2 Å². The number of ether oxygens (including phenoxy) is 1. The Morgan fingerprint density at radius 2 is 1.83 bits per heavy atom. The van der Waals surface area contributed by atoms with Crippen LogP contribution in [0, 0.1) is 5.92 Å². The number of carbonyl (C=O) groups is 1. The first kappa shape index (κ1) is 21.4. The topological polar surface area (TPSA) is 48.0 Å². The lowest BCUT2D eigenvalue weighted by atomic mass is 9.92. The number of piperidine rings is 1. The molecule has 2 atom stereocenters. The van der Waals surface area contributed by atoms with Crippen molar-refractivity contribution in [1.29, 1.82) is 0 Å². The van der Waals surface area contributed by atoms with Crippen molar-refractivity contribution >= 4 is 11.8 Å². The number of carbonyl (C=O) groups excluding carboxylic acids is 1. The molecule has 0 bridgehead atoms. The molecule has 4 rings (SSSR count). The minimum Gasteiger partial charge on any atom is -0.444 e. The Morgan fingerprint density at radius 1 is 1.07 bits per heavy atom. The number of nitrogens with zero attached hydrogens (tertiary/aromatic N) is 3. The van der Waals surface area contributed by atoms with E-state index in [-0.39, 0.29) is 6.09 Å². The van der Waals surface area contributed by atoms with Gasteiger partial charge in [-0.1, -0.05) is 13.0 Å². The first-order chi connectivity index (χ1) is 14.3. The van der Waals surface area contributed by atoms with Gasteiger partial charge in [-0.15, -0.1) is 0 Å². The van der Waals surface area contributed by atoms with Crippen LogP contribution >= 0.6 is 0 Å². The molecular weight excluding hydrogens is 376 g/mol. The summed E-state index contributed by atoms with van der Waals surface area (Å²) < 4.78 is 5.52. The van der Waals surface area contributed by atoms with Crippen molar-refractivity contribution < 1.29 is 9.53 Å². The third kappa shape index (κ3) is 5.09. The van der Waals surface area contributed by atoms with E-state index in [0.717, 1.165) is 51.6 Å². The molecule has 30 heavy (non-hydrogen) atoms. The summed E-state index contributed by atoms with van der Waals surface area (Å²) in [6.07, 6.45) is 2.24. The maximum absolute atomic E-state index is 12.3. The van der Waals surface area contributed by atoms with Crippen molar-refractivity contribution in [1.82, 2.24) is 15.1 Å².